The van der Waals surface area contributed by atoms with E-state index in [1.807, 2.05) is 37.3 Å². The highest BCUT2D eigenvalue weighted by Crippen LogP contribution is 2.20. The molecule has 0 saturated heterocycles. The van der Waals surface area contributed by atoms with Gasteiger partial charge in [0.15, 0.2) is 0 Å². The van der Waals surface area contributed by atoms with Crippen LogP contribution in [0.25, 0.3) is 0 Å². The van der Waals surface area contributed by atoms with E-state index in [0.29, 0.717) is 5.56 Å². The zero-order chi connectivity index (χ0) is 15.8. The van der Waals surface area contributed by atoms with Crippen LogP contribution in [0.3, 0.4) is 0 Å². The van der Waals surface area contributed by atoms with E-state index in [4.69, 9.17) is 0 Å². The number of nitrogens with zero attached hydrogens (tertiary/aromatic N) is 1. The van der Waals surface area contributed by atoms with E-state index in [1.54, 1.807) is 12.1 Å². The molecular formula is C17H19N3O2. The first-order valence-corrected chi connectivity index (χ1v) is 7.27. The molecule has 0 fully saturated rings. The van der Waals surface area contributed by atoms with Gasteiger partial charge in [-0.3, -0.25) is 25.4 Å². The molecule has 0 unspecified atom stereocenters. The van der Waals surface area contributed by atoms with Crippen LogP contribution in [-0.2, 0) is 4.79 Å². The van der Waals surface area contributed by atoms with Crippen LogP contribution < -0.4 is 10.9 Å². The molecule has 2 N–H and O–H groups in total. The second-order valence-corrected chi connectivity index (χ2v) is 4.93. The molecule has 0 aliphatic rings. The number of rotatable bonds is 5. The van der Waals surface area contributed by atoms with Crippen molar-refractivity contribution in [3.63, 3.8) is 0 Å². The highest BCUT2D eigenvalue weighted by Gasteiger charge is 2.20. The average Bonchev–Trinajstić information content (AvgIpc) is 2.58. The fraction of sp³-hybridized carbons (Fsp3) is 0.235. The van der Waals surface area contributed by atoms with Crippen LogP contribution in [-0.4, -0.2) is 16.8 Å². The molecule has 2 aromatic rings. The smallest absolute Gasteiger partial charge is 0.269 e. The third kappa shape index (κ3) is 4.15. The topological polar surface area (TPSA) is 71.1 Å². The number of hydrazine groups is 1. The second kappa shape index (κ2) is 7.93. The van der Waals surface area contributed by atoms with Crippen molar-refractivity contribution in [3.05, 3.63) is 66.0 Å². The molecule has 114 valence electrons. The molecular weight excluding hydrogens is 278 g/mol. The van der Waals surface area contributed by atoms with Crippen molar-refractivity contribution in [2.75, 3.05) is 0 Å². The highest BCUT2D eigenvalue weighted by atomic mass is 16.2. The molecule has 0 radical (unpaired) electrons. The maximum atomic E-state index is 12.3. The van der Waals surface area contributed by atoms with E-state index in [0.717, 1.165) is 18.4 Å². The van der Waals surface area contributed by atoms with Crippen LogP contribution >= 0.6 is 0 Å². The summed E-state index contributed by atoms with van der Waals surface area (Å²) in [6, 6.07) is 12.7. The van der Waals surface area contributed by atoms with Crippen molar-refractivity contribution >= 4 is 11.8 Å². The van der Waals surface area contributed by atoms with Gasteiger partial charge < -0.3 is 0 Å². The molecule has 1 atom stereocenters. The van der Waals surface area contributed by atoms with Crippen LogP contribution in [0.2, 0.25) is 0 Å². The first-order valence-electron chi connectivity index (χ1n) is 7.27. The van der Waals surface area contributed by atoms with Gasteiger partial charge in [0.05, 0.1) is 5.92 Å². The van der Waals surface area contributed by atoms with Gasteiger partial charge in [-0.25, -0.2) is 0 Å². The van der Waals surface area contributed by atoms with E-state index >= 15 is 0 Å². The fourth-order valence-electron chi connectivity index (χ4n) is 2.20. The largest absolute Gasteiger partial charge is 0.273 e. The zero-order valence-corrected chi connectivity index (χ0v) is 12.5. The molecule has 22 heavy (non-hydrogen) atoms. The summed E-state index contributed by atoms with van der Waals surface area (Å²) in [5, 5.41) is 0. The molecule has 0 saturated carbocycles. The lowest BCUT2D eigenvalue weighted by Gasteiger charge is -2.17. The number of carbonyl (C=O) groups is 2. The number of nitrogens with one attached hydrogen (secondary N) is 2. The molecule has 0 spiro atoms. The third-order valence-electron chi connectivity index (χ3n) is 3.34. The second-order valence-electron chi connectivity index (χ2n) is 4.93. The predicted octanol–water partition coefficient (Wildman–Crippen LogP) is 2.43. The molecule has 2 rings (SSSR count). The summed E-state index contributed by atoms with van der Waals surface area (Å²) in [4.78, 5) is 28.1. The van der Waals surface area contributed by atoms with Gasteiger partial charge in [0.25, 0.3) is 5.91 Å². The summed E-state index contributed by atoms with van der Waals surface area (Å²) >= 11 is 0. The van der Waals surface area contributed by atoms with Crippen molar-refractivity contribution in [2.24, 2.45) is 0 Å². The molecule has 1 aromatic heterocycles. The molecule has 0 aliphatic heterocycles. The Hall–Kier alpha value is -2.69. The van der Waals surface area contributed by atoms with Gasteiger partial charge in [0, 0.05) is 18.0 Å². The number of hydrogen-bond donors (Lipinski definition) is 2. The molecule has 0 aliphatic carbocycles. The van der Waals surface area contributed by atoms with Crippen LogP contribution in [0.4, 0.5) is 0 Å². The Morgan fingerprint density at radius 2 is 1.73 bits per heavy atom. The van der Waals surface area contributed by atoms with Gasteiger partial charge in [-0.05, 0) is 24.1 Å². The van der Waals surface area contributed by atoms with Crippen molar-refractivity contribution in [2.45, 2.75) is 25.7 Å². The minimum absolute atomic E-state index is 0.213. The van der Waals surface area contributed by atoms with Crippen LogP contribution in [0.15, 0.2) is 54.9 Å². The number of hydrogen-bond acceptors (Lipinski definition) is 3. The summed E-state index contributed by atoms with van der Waals surface area (Å²) in [6.07, 6.45) is 4.66. The van der Waals surface area contributed by atoms with Crippen LogP contribution in [0.1, 0.15) is 41.6 Å². The molecule has 1 heterocycles. The van der Waals surface area contributed by atoms with E-state index in [1.165, 1.54) is 12.4 Å². The number of aromatic nitrogens is 1. The van der Waals surface area contributed by atoms with E-state index in [-0.39, 0.29) is 17.7 Å². The Morgan fingerprint density at radius 1 is 1.05 bits per heavy atom. The van der Waals surface area contributed by atoms with Crippen LogP contribution in [0.5, 0.6) is 0 Å². The zero-order valence-electron chi connectivity index (χ0n) is 12.5. The van der Waals surface area contributed by atoms with Gasteiger partial charge in [0.1, 0.15) is 0 Å². The first kappa shape index (κ1) is 15.7. The van der Waals surface area contributed by atoms with E-state index in [2.05, 4.69) is 15.8 Å². The summed E-state index contributed by atoms with van der Waals surface area (Å²) in [6.45, 7) is 2.03. The van der Waals surface area contributed by atoms with Gasteiger partial charge in [-0.1, -0.05) is 43.7 Å². The van der Waals surface area contributed by atoms with Gasteiger partial charge in [-0.15, -0.1) is 0 Å². The lowest BCUT2D eigenvalue weighted by atomic mass is 9.94. The van der Waals surface area contributed by atoms with Crippen molar-refractivity contribution in [3.8, 4) is 0 Å². The lowest BCUT2D eigenvalue weighted by molar-refractivity contribution is -0.123. The molecule has 1 aromatic carbocycles. The monoisotopic (exact) mass is 297 g/mol. The normalized spacial score (nSPS) is 11.5. The number of pyridine rings is 1. The van der Waals surface area contributed by atoms with Gasteiger partial charge in [-0.2, -0.15) is 0 Å². The summed E-state index contributed by atoms with van der Waals surface area (Å²) in [5.41, 5.74) is 6.34. The van der Waals surface area contributed by atoms with Crippen molar-refractivity contribution < 1.29 is 9.59 Å². The Kier molecular flexibility index (Phi) is 5.65. The maximum absolute atomic E-state index is 12.3. The molecule has 5 heteroatoms. The number of amides is 2. The minimum atomic E-state index is -0.362. The summed E-state index contributed by atoms with van der Waals surface area (Å²) in [7, 11) is 0. The predicted molar refractivity (Wildman–Crippen MR) is 83.9 cm³/mol. The Balaban J connectivity index is 1.99. The quantitative estimate of drug-likeness (QED) is 0.833. The number of carbonyl (C=O) groups excluding carboxylic acids is 2. The minimum Gasteiger partial charge on any atom is -0.273 e. The SMILES string of the molecule is CCC[C@H](C(=O)NNC(=O)c1ccncc1)c1ccccc1. The van der Waals surface area contributed by atoms with Crippen molar-refractivity contribution in [1.29, 1.82) is 0 Å². The highest BCUT2D eigenvalue weighted by molar-refractivity contribution is 5.95. The van der Waals surface area contributed by atoms with E-state index < -0.39 is 0 Å². The van der Waals surface area contributed by atoms with Crippen molar-refractivity contribution in [1.82, 2.24) is 15.8 Å². The first-order chi connectivity index (χ1) is 10.7. The Bertz CT molecular complexity index is 614. The molecule has 5 nitrogen and oxygen atoms in total. The Labute approximate surface area is 129 Å². The number of benzene rings is 1. The molecule has 0 bridgehead atoms. The summed E-state index contributed by atoms with van der Waals surface area (Å²) in [5.74, 6) is -0.849. The fourth-order valence-corrected chi connectivity index (χ4v) is 2.20. The lowest BCUT2D eigenvalue weighted by Crippen LogP contribution is -2.44. The average molecular weight is 297 g/mol. The molecule has 2 amide bonds. The third-order valence-corrected chi connectivity index (χ3v) is 3.34. The Morgan fingerprint density at radius 3 is 2.36 bits per heavy atom. The van der Waals surface area contributed by atoms with Crippen LogP contribution in [0, 0.1) is 0 Å². The van der Waals surface area contributed by atoms with Gasteiger partial charge >= 0.3 is 0 Å². The van der Waals surface area contributed by atoms with E-state index in [9.17, 15) is 9.59 Å². The standard InChI is InChI=1S/C17H19N3O2/c1-2-6-15(13-7-4-3-5-8-13)17(22)20-19-16(21)14-9-11-18-12-10-14/h3-5,7-12,15H,2,6H2,1H3,(H,19,21)(H,20,22)/t15-/m0/s1. The maximum Gasteiger partial charge on any atom is 0.269 e. The summed E-state index contributed by atoms with van der Waals surface area (Å²) < 4.78 is 0. The van der Waals surface area contributed by atoms with Gasteiger partial charge in [0.2, 0.25) is 5.91 Å².